The lowest BCUT2D eigenvalue weighted by Crippen LogP contribution is -2.35. The van der Waals surface area contributed by atoms with E-state index >= 15 is 0 Å². The minimum atomic E-state index is -0.110. The summed E-state index contributed by atoms with van der Waals surface area (Å²) in [5, 5.41) is 4.79. The summed E-state index contributed by atoms with van der Waals surface area (Å²) in [6.45, 7) is 5.73. The molecule has 4 heteroatoms. The third-order valence-corrected chi connectivity index (χ3v) is 6.26. The van der Waals surface area contributed by atoms with Crippen LogP contribution in [0.3, 0.4) is 0 Å². The first-order valence-corrected chi connectivity index (χ1v) is 11.2. The van der Waals surface area contributed by atoms with Gasteiger partial charge in [-0.25, -0.2) is 4.98 Å². The summed E-state index contributed by atoms with van der Waals surface area (Å²) in [6, 6.07) is 28.9. The van der Waals surface area contributed by atoms with Crippen molar-refractivity contribution in [3.05, 3.63) is 102 Å². The van der Waals surface area contributed by atoms with E-state index in [1.807, 2.05) is 48.5 Å². The Bertz CT molecular complexity index is 1310. The zero-order valence-electron chi connectivity index (χ0n) is 19.3. The van der Waals surface area contributed by atoms with E-state index in [0.717, 1.165) is 34.6 Å². The zero-order valence-corrected chi connectivity index (χ0v) is 19.3. The second kappa shape index (κ2) is 8.72. The molecule has 33 heavy (non-hydrogen) atoms. The van der Waals surface area contributed by atoms with E-state index < -0.39 is 0 Å². The highest BCUT2D eigenvalue weighted by Crippen LogP contribution is 2.40. The molecule has 0 fully saturated rings. The van der Waals surface area contributed by atoms with Crippen molar-refractivity contribution in [2.45, 2.75) is 26.0 Å². The highest BCUT2D eigenvalue weighted by molar-refractivity contribution is 5.97. The average molecular weight is 437 g/mol. The van der Waals surface area contributed by atoms with Crippen LogP contribution in [0, 0.1) is 0 Å². The van der Waals surface area contributed by atoms with Gasteiger partial charge in [0.2, 0.25) is 0 Å². The van der Waals surface area contributed by atoms with Crippen molar-refractivity contribution >= 4 is 22.0 Å². The van der Waals surface area contributed by atoms with Crippen molar-refractivity contribution in [3.8, 4) is 11.5 Å². The van der Waals surface area contributed by atoms with Crippen LogP contribution in [-0.4, -0.2) is 24.2 Å². The molecule has 0 aliphatic carbocycles. The van der Waals surface area contributed by atoms with Crippen LogP contribution in [-0.2, 0) is 6.61 Å². The molecule has 0 spiro atoms. The standard InChI is InChI=1S/C29H28N2O2/c1-29(2)28(22-11-14-24(32-3)15-12-22)26(18-30-29)20-9-16-25(17-10-20)33-19-23-13-8-21-6-4-5-7-27(21)31-23/h4-17,30H,18-19H2,1-3H3. The molecule has 4 aromatic rings. The summed E-state index contributed by atoms with van der Waals surface area (Å²) in [6.07, 6.45) is 0. The zero-order chi connectivity index (χ0) is 22.8. The first kappa shape index (κ1) is 21.2. The smallest absolute Gasteiger partial charge is 0.130 e. The lowest BCUT2D eigenvalue weighted by atomic mass is 9.86. The fraction of sp³-hybridized carbons (Fsp3) is 0.207. The number of nitrogens with zero attached hydrogens (tertiary/aromatic N) is 1. The molecule has 166 valence electrons. The maximum atomic E-state index is 6.03. The van der Waals surface area contributed by atoms with Crippen LogP contribution in [0.5, 0.6) is 11.5 Å². The van der Waals surface area contributed by atoms with E-state index in [2.05, 4.69) is 55.6 Å². The van der Waals surface area contributed by atoms with Gasteiger partial charge in [-0.1, -0.05) is 48.5 Å². The number of rotatable bonds is 6. The van der Waals surface area contributed by atoms with Gasteiger partial charge in [0.25, 0.3) is 0 Å². The van der Waals surface area contributed by atoms with E-state index in [1.54, 1.807) is 7.11 Å². The third kappa shape index (κ3) is 4.35. The molecule has 1 aliphatic rings. The molecule has 0 amide bonds. The molecule has 3 aromatic carbocycles. The van der Waals surface area contributed by atoms with Crippen molar-refractivity contribution in [3.63, 3.8) is 0 Å². The predicted molar refractivity (Wildman–Crippen MR) is 134 cm³/mol. The fourth-order valence-corrected chi connectivity index (χ4v) is 4.50. The molecule has 2 heterocycles. The highest BCUT2D eigenvalue weighted by Gasteiger charge is 2.33. The van der Waals surface area contributed by atoms with Crippen LogP contribution in [0.1, 0.15) is 30.7 Å². The van der Waals surface area contributed by atoms with Gasteiger partial charge in [-0.05, 0) is 72.5 Å². The molecule has 0 atom stereocenters. The predicted octanol–water partition coefficient (Wildman–Crippen LogP) is 6.12. The largest absolute Gasteiger partial charge is 0.497 e. The highest BCUT2D eigenvalue weighted by atomic mass is 16.5. The van der Waals surface area contributed by atoms with E-state index in [0.29, 0.717) is 6.61 Å². The molecule has 0 bridgehead atoms. The van der Waals surface area contributed by atoms with Crippen molar-refractivity contribution in [1.82, 2.24) is 10.3 Å². The van der Waals surface area contributed by atoms with Crippen LogP contribution >= 0.6 is 0 Å². The Hall–Kier alpha value is -3.63. The van der Waals surface area contributed by atoms with Gasteiger partial charge in [0.1, 0.15) is 18.1 Å². The molecular formula is C29H28N2O2. The minimum absolute atomic E-state index is 0.110. The second-order valence-electron chi connectivity index (χ2n) is 8.87. The van der Waals surface area contributed by atoms with Gasteiger partial charge in [-0.2, -0.15) is 0 Å². The van der Waals surface area contributed by atoms with Crippen LogP contribution in [0.4, 0.5) is 0 Å². The van der Waals surface area contributed by atoms with E-state index in [4.69, 9.17) is 14.5 Å². The Morgan fingerprint density at radius 2 is 1.52 bits per heavy atom. The number of fused-ring (bicyclic) bond motifs is 1. The topological polar surface area (TPSA) is 43.4 Å². The van der Waals surface area contributed by atoms with Crippen molar-refractivity contribution in [2.75, 3.05) is 13.7 Å². The number of hydrogen-bond donors (Lipinski definition) is 1. The molecule has 0 radical (unpaired) electrons. The maximum absolute atomic E-state index is 6.03. The van der Waals surface area contributed by atoms with Gasteiger partial charge in [0.15, 0.2) is 0 Å². The molecule has 0 unspecified atom stereocenters. The molecule has 0 saturated heterocycles. The third-order valence-electron chi connectivity index (χ3n) is 6.26. The number of ether oxygens (including phenoxy) is 2. The Kier molecular flexibility index (Phi) is 5.61. The molecule has 1 aliphatic heterocycles. The number of methoxy groups -OCH3 is 1. The van der Waals surface area contributed by atoms with E-state index in [9.17, 15) is 0 Å². The van der Waals surface area contributed by atoms with Crippen molar-refractivity contribution in [1.29, 1.82) is 0 Å². The molecule has 4 nitrogen and oxygen atoms in total. The molecular weight excluding hydrogens is 408 g/mol. The first-order valence-electron chi connectivity index (χ1n) is 11.2. The molecule has 1 aromatic heterocycles. The number of aromatic nitrogens is 1. The Morgan fingerprint density at radius 1 is 0.818 bits per heavy atom. The van der Waals surface area contributed by atoms with Gasteiger partial charge in [-0.3, -0.25) is 0 Å². The van der Waals surface area contributed by atoms with Crippen LogP contribution in [0.15, 0.2) is 84.9 Å². The first-order chi connectivity index (χ1) is 16.0. The fourth-order valence-electron chi connectivity index (χ4n) is 4.50. The van der Waals surface area contributed by atoms with Gasteiger partial charge in [-0.15, -0.1) is 0 Å². The summed E-state index contributed by atoms with van der Waals surface area (Å²) < 4.78 is 11.4. The molecule has 1 N–H and O–H groups in total. The van der Waals surface area contributed by atoms with Crippen LogP contribution < -0.4 is 14.8 Å². The summed E-state index contributed by atoms with van der Waals surface area (Å²) in [7, 11) is 1.69. The Balaban J connectivity index is 1.36. The Morgan fingerprint density at radius 3 is 2.27 bits per heavy atom. The number of nitrogens with one attached hydrogen (secondary N) is 1. The molecule has 0 saturated carbocycles. The lowest BCUT2D eigenvalue weighted by molar-refractivity contribution is 0.302. The summed E-state index contributed by atoms with van der Waals surface area (Å²) in [4.78, 5) is 4.69. The number of hydrogen-bond acceptors (Lipinski definition) is 4. The van der Waals surface area contributed by atoms with Gasteiger partial charge < -0.3 is 14.8 Å². The van der Waals surface area contributed by atoms with Gasteiger partial charge >= 0.3 is 0 Å². The second-order valence-corrected chi connectivity index (χ2v) is 8.87. The van der Waals surface area contributed by atoms with Crippen molar-refractivity contribution in [2.24, 2.45) is 0 Å². The monoisotopic (exact) mass is 436 g/mol. The van der Waals surface area contributed by atoms with E-state index in [1.165, 1.54) is 22.3 Å². The number of benzene rings is 3. The van der Waals surface area contributed by atoms with Crippen LogP contribution in [0.25, 0.3) is 22.0 Å². The normalized spacial score (nSPS) is 15.1. The maximum Gasteiger partial charge on any atom is 0.130 e. The van der Waals surface area contributed by atoms with Crippen molar-refractivity contribution < 1.29 is 9.47 Å². The quantitative estimate of drug-likeness (QED) is 0.396. The minimum Gasteiger partial charge on any atom is -0.497 e. The van der Waals surface area contributed by atoms with Crippen LogP contribution in [0.2, 0.25) is 0 Å². The van der Waals surface area contributed by atoms with Gasteiger partial charge in [0, 0.05) is 17.5 Å². The average Bonchev–Trinajstić information content (AvgIpc) is 3.17. The summed E-state index contributed by atoms with van der Waals surface area (Å²) in [5.74, 6) is 1.71. The van der Waals surface area contributed by atoms with E-state index in [-0.39, 0.29) is 5.54 Å². The summed E-state index contributed by atoms with van der Waals surface area (Å²) in [5.41, 5.74) is 6.85. The number of para-hydroxylation sites is 1. The molecule has 5 rings (SSSR count). The lowest BCUT2D eigenvalue weighted by Gasteiger charge is -2.24. The van der Waals surface area contributed by atoms with Gasteiger partial charge in [0.05, 0.1) is 18.3 Å². The summed E-state index contributed by atoms with van der Waals surface area (Å²) >= 11 is 0. The SMILES string of the molecule is COc1ccc(C2=C(c3ccc(OCc4ccc5ccccc5n4)cc3)CNC2(C)C)cc1. The Labute approximate surface area is 194 Å². The number of pyridine rings is 1.